The molecule has 1 saturated heterocycles. The number of aromatic nitrogens is 1. The summed E-state index contributed by atoms with van der Waals surface area (Å²) in [6.45, 7) is 0.609. The van der Waals surface area contributed by atoms with Crippen molar-refractivity contribution in [3.63, 3.8) is 0 Å². The fraction of sp³-hybridized carbons (Fsp3) is 0.455. The number of nitrogens with zero attached hydrogens (tertiary/aromatic N) is 2. The maximum absolute atomic E-state index is 13.5. The molecule has 0 radical (unpaired) electrons. The van der Waals surface area contributed by atoms with Gasteiger partial charge in [0.2, 0.25) is 5.91 Å². The normalized spacial score (nSPS) is 19.2. The van der Waals surface area contributed by atoms with Gasteiger partial charge in [-0.2, -0.15) is 0 Å². The first-order chi connectivity index (χ1) is 8.52. The highest BCUT2D eigenvalue weighted by Crippen LogP contribution is 2.21. The van der Waals surface area contributed by atoms with Crippen molar-refractivity contribution in [3.05, 3.63) is 17.7 Å². The summed E-state index contributed by atoms with van der Waals surface area (Å²) in [5, 5.41) is 5.23. The van der Waals surface area contributed by atoms with Crippen LogP contribution in [-0.4, -0.2) is 42.5 Å². The van der Waals surface area contributed by atoms with Crippen LogP contribution in [0.15, 0.2) is 6.07 Å². The molecule has 2 heterocycles. The fourth-order valence-corrected chi connectivity index (χ4v) is 1.86. The molecule has 1 amide bonds. The Morgan fingerprint density at radius 1 is 1.39 bits per heavy atom. The smallest absolute Gasteiger partial charge is 0.244 e. The summed E-state index contributed by atoms with van der Waals surface area (Å²) < 4.78 is 26.7. The SMILES string of the molecule is CNc1nc(NC2CCN(C)C2=O)c(F)cc1F. The molecule has 2 N–H and O–H groups in total. The molecule has 0 bridgehead atoms. The van der Waals surface area contributed by atoms with E-state index in [-0.39, 0.29) is 17.5 Å². The Morgan fingerprint density at radius 3 is 2.61 bits per heavy atom. The van der Waals surface area contributed by atoms with Crippen molar-refractivity contribution in [3.8, 4) is 0 Å². The van der Waals surface area contributed by atoms with E-state index in [4.69, 9.17) is 0 Å². The molecule has 1 aliphatic heterocycles. The Morgan fingerprint density at radius 2 is 2.06 bits per heavy atom. The van der Waals surface area contributed by atoms with Gasteiger partial charge in [-0.05, 0) is 6.42 Å². The summed E-state index contributed by atoms with van der Waals surface area (Å²) in [5.41, 5.74) is 0. The second-order valence-electron chi connectivity index (χ2n) is 4.14. The third kappa shape index (κ3) is 2.20. The summed E-state index contributed by atoms with van der Waals surface area (Å²) >= 11 is 0. The number of likely N-dealkylation sites (tertiary alicyclic amines) is 1. The molecule has 1 fully saturated rings. The maximum atomic E-state index is 13.5. The number of hydrogen-bond donors (Lipinski definition) is 2. The number of rotatable bonds is 3. The van der Waals surface area contributed by atoms with Gasteiger partial charge in [0.05, 0.1) is 0 Å². The molecule has 0 aliphatic carbocycles. The number of halogens is 2. The van der Waals surface area contributed by atoms with Gasteiger partial charge in [0, 0.05) is 26.7 Å². The van der Waals surface area contributed by atoms with E-state index in [2.05, 4.69) is 15.6 Å². The van der Waals surface area contributed by atoms with Gasteiger partial charge in [-0.15, -0.1) is 0 Å². The lowest BCUT2D eigenvalue weighted by Gasteiger charge is -2.14. The van der Waals surface area contributed by atoms with Gasteiger partial charge in [-0.25, -0.2) is 13.8 Å². The third-order valence-corrected chi connectivity index (χ3v) is 2.90. The van der Waals surface area contributed by atoms with E-state index in [9.17, 15) is 13.6 Å². The van der Waals surface area contributed by atoms with Gasteiger partial charge in [-0.3, -0.25) is 4.79 Å². The number of carbonyl (C=O) groups excluding carboxylic acids is 1. The lowest BCUT2D eigenvalue weighted by molar-refractivity contribution is -0.127. The summed E-state index contributed by atoms with van der Waals surface area (Å²) in [4.78, 5) is 17.0. The van der Waals surface area contributed by atoms with Crippen LogP contribution in [0.3, 0.4) is 0 Å². The Balaban J connectivity index is 2.21. The van der Waals surface area contributed by atoms with Crippen LogP contribution in [0.5, 0.6) is 0 Å². The predicted octanol–water partition coefficient (Wildman–Crippen LogP) is 1.04. The molecule has 1 aromatic heterocycles. The van der Waals surface area contributed by atoms with E-state index in [1.54, 1.807) is 11.9 Å². The molecule has 18 heavy (non-hydrogen) atoms. The summed E-state index contributed by atoms with van der Waals surface area (Å²) in [5.74, 6) is -1.87. The lowest BCUT2D eigenvalue weighted by atomic mass is 10.2. The van der Waals surface area contributed by atoms with Gasteiger partial charge < -0.3 is 15.5 Å². The second-order valence-corrected chi connectivity index (χ2v) is 4.14. The van der Waals surface area contributed by atoms with E-state index in [1.165, 1.54) is 7.05 Å². The number of amides is 1. The Hall–Kier alpha value is -1.92. The Kier molecular flexibility index (Phi) is 3.31. The Bertz CT molecular complexity index is 480. The second kappa shape index (κ2) is 4.75. The maximum Gasteiger partial charge on any atom is 0.244 e. The standard InChI is InChI=1S/C11H14F2N4O/c1-14-9-6(12)5-7(13)10(16-9)15-8-3-4-17(2)11(8)18/h5,8H,3-4H2,1-2H3,(H2,14,15,16). The molecule has 0 aromatic carbocycles. The monoisotopic (exact) mass is 256 g/mol. The molecular weight excluding hydrogens is 242 g/mol. The lowest BCUT2D eigenvalue weighted by Crippen LogP contribution is -2.31. The van der Waals surface area contributed by atoms with Crippen molar-refractivity contribution in [2.75, 3.05) is 31.3 Å². The molecule has 1 aromatic rings. The van der Waals surface area contributed by atoms with Crippen molar-refractivity contribution < 1.29 is 13.6 Å². The number of carbonyl (C=O) groups is 1. The molecule has 1 atom stereocenters. The fourth-order valence-electron chi connectivity index (χ4n) is 1.86. The van der Waals surface area contributed by atoms with Crippen molar-refractivity contribution in [2.24, 2.45) is 0 Å². The van der Waals surface area contributed by atoms with Crippen molar-refractivity contribution in [1.29, 1.82) is 0 Å². The number of anilines is 2. The average Bonchev–Trinajstić information content (AvgIpc) is 2.64. The first kappa shape index (κ1) is 12.5. The van der Waals surface area contributed by atoms with E-state index in [0.29, 0.717) is 13.0 Å². The predicted molar refractivity (Wildman–Crippen MR) is 63.4 cm³/mol. The van der Waals surface area contributed by atoms with Crippen LogP contribution in [0.25, 0.3) is 0 Å². The zero-order valence-electron chi connectivity index (χ0n) is 10.1. The van der Waals surface area contributed by atoms with Crippen molar-refractivity contribution in [2.45, 2.75) is 12.5 Å². The van der Waals surface area contributed by atoms with E-state index < -0.39 is 17.7 Å². The Labute approximate surface area is 103 Å². The summed E-state index contributed by atoms with van der Waals surface area (Å²) in [6, 6.07) is 0.233. The first-order valence-electron chi connectivity index (χ1n) is 5.58. The minimum Gasteiger partial charge on any atom is -0.371 e. The van der Waals surface area contributed by atoms with Crippen LogP contribution in [0.4, 0.5) is 20.4 Å². The summed E-state index contributed by atoms with van der Waals surface area (Å²) in [7, 11) is 3.17. The van der Waals surface area contributed by atoms with Gasteiger partial charge in [0.1, 0.15) is 6.04 Å². The van der Waals surface area contributed by atoms with Gasteiger partial charge in [-0.1, -0.05) is 0 Å². The van der Waals surface area contributed by atoms with Crippen LogP contribution < -0.4 is 10.6 Å². The van der Waals surface area contributed by atoms with Crippen LogP contribution >= 0.6 is 0 Å². The number of nitrogens with one attached hydrogen (secondary N) is 2. The first-order valence-corrected chi connectivity index (χ1v) is 5.58. The molecule has 0 saturated carbocycles. The van der Waals surface area contributed by atoms with Crippen LogP contribution in [0.2, 0.25) is 0 Å². The molecule has 2 rings (SSSR count). The molecule has 1 unspecified atom stereocenters. The van der Waals surface area contributed by atoms with Gasteiger partial charge in [0.25, 0.3) is 0 Å². The third-order valence-electron chi connectivity index (χ3n) is 2.90. The quantitative estimate of drug-likeness (QED) is 0.848. The van der Waals surface area contributed by atoms with Crippen LogP contribution in [0.1, 0.15) is 6.42 Å². The molecule has 98 valence electrons. The largest absolute Gasteiger partial charge is 0.371 e. The van der Waals surface area contributed by atoms with Crippen LogP contribution in [-0.2, 0) is 4.79 Å². The zero-order chi connectivity index (χ0) is 13.3. The number of likely N-dealkylation sites (N-methyl/N-ethyl adjacent to an activating group) is 1. The zero-order valence-corrected chi connectivity index (χ0v) is 10.1. The van der Waals surface area contributed by atoms with Gasteiger partial charge >= 0.3 is 0 Å². The number of pyridine rings is 1. The molecule has 1 aliphatic rings. The minimum atomic E-state index is -0.811. The molecule has 5 nitrogen and oxygen atoms in total. The highest BCUT2D eigenvalue weighted by Gasteiger charge is 2.30. The topological polar surface area (TPSA) is 57.3 Å². The van der Waals surface area contributed by atoms with Crippen molar-refractivity contribution in [1.82, 2.24) is 9.88 Å². The average molecular weight is 256 g/mol. The van der Waals surface area contributed by atoms with Gasteiger partial charge in [0.15, 0.2) is 23.3 Å². The molecule has 0 spiro atoms. The molecular formula is C11H14F2N4O. The number of hydrogen-bond acceptors (Lipinski definition) is 4. The van der Waals surface area contributed by atoms with E-state index in [1.807, 2.05) is 0 Å². The van der Waals surface area contributed by atoms with Crippen LogP contribution in [0, 0.1) is 11.6 Å². The minimum absolute atomic E-state index is 0.0577. The van der Waals surface area contributed by atoms with E-state index >= 15 is 0 Å². The molecule has 7 heteroatoms. The highest BCUT2D eigenvalue weighted by molar-refractivity contribution is 5.86. The highest BCUT2D eigenvalue weighted by atomic mass is 19.1. The van der Waals surface area contributed by atoms with Crippen molar-refractivity contribution >= 4 is 17.5 Å². The van der Waals surface area contributed by atoms with E-state index in [0.717, 1.165) is 6.07 Å². The summed E-state index contributed by atoms with van der Waals surface area (Å²) in [6.07, 6.45) is 0.572.